The largest absolute Gasteiger partial charge is 0.475 e. The van der Waals surface area contributed by atoms with Crippen molar-refractivity contribution in [3.05, 3.63) is 23.2 Å². The van der Waals surface area contributed by atoms with Crippen LogP contribution in [0.5, 0.6) is 0 Å². The lowest BCUT2D eigenvalue weighted by molar-refractivity contribution is 0.0659. The fourth-order valence-electron chi connectivity index (χ4n) is 0.974. The SMILES string of the molecule is CSCc1cc(C)c(C(=O)O)o1. The molecule has 0 aliphatic rings. The van der Waals surface area contributed by atoms with Gasteiger partial charge < -0.3 is 9.52 Å². The topological polar surface area (TPSA) is 50.4 Å². The highest BCUT2D eigenvalue weighted by molar-refractivity contribution is 7.97. The molecule has 0 aliphatic heterocycles. The summed E-state index contributed by atoms with van der Waals surface area (Å²) >= 11 is 1.60. The van der Waals surface area contributed by atoms with Gasteiger partial charge in [-0.25, -0.2) is 4.79 Å². The molecule has 1 N–H and O–H groups in total. The minimum absolute atomic E-state index is 0.0547. The molecule has 0 fully saturated rings. The van der Waals surface area contributed by atoms with E-state index in [1.54, 1.807) is 24.8 Å². The van der Waals surface area contributed by atoms with Crippen LogP contribution in [0, 0.1) is 6.92 Å². The van der Waals surface area contributed by atoms with Crippen molar-refractivity contribution in [1.29, 1.82) is 0 Å². The zero-order chi connectivity index (χ0) is 9.14. The fourth-order valence-corrected chi connectivity index (χ4v) is 1.40. The predicted octanol–water partition coefficient (Wildman–Crippen LogP) is 2.15. The Kier molecular flexibility index (Phi) is 2.81. The molecule has 0 saturated carbocycles. The van der Waals surface area contributed by atoms with Gasteiger partial charge in [0.25, 0.3) is 0 Å². The molecule has 66 valence electrons. The summed E-state index contributed by atoms with van der Waals surface area (Å²) in [6.07, 6.45) is 1.94. The second-order valence-electron chi connectivity index (χ2n) is 2.46. The van der Waals surface area contributed by atoms with E-state index in [0.717, 1.165) is 5.76 Å². The minimum Gasteiger partial charge on any atom is -0.475 e. The molecule has 1 rings (SSSR count). The van der Waals surface area contributed by atoms with E-state index in [-0.39, 0.29) is 5.76 Å². The number of carboxylic acids is 1. The number of hydrogen-bond donors (Lipinski definition) is 1. The average Bonchev–Trinajstić information content (AvgIpc) is 2.32. The van der Waals surface area contributed by atoms with Crippen LogP contribution in [0.4, 0.5) is 0 Å². The highest BCUT2D eigenvalue weighted by atomic mass is 32.2. The molecule has 3 nitrogen and oxygen atoms in total. The van der Waals surface area contributed by atoms with Crippen LogP contribution in [0.2, 0.25) is 0 Å². The Balaban J connectivity index is 2.92. The molecule has 0 radical (unpaired) electrons. The Morgan fingerprint density at radius 3 is 2.83 bits per heavy atom. The van der Waals surface area contributed by atoms with Gasteiger partial charge in [-0.15, -0.1) is 0 Å². The zero-order valence-corrected chi connectivity index (χ0v) is 7.77. The molecule has 1 heterocycles. The van der Waals surface area contributed by atoms with Gasteiger partial charge in [0.15, 0.2) is 0 Å². The van der Waals surface area contributed by atoms with Gasteiger partial charge in [0.1, 0.15) is 5.76 Å². The molecule has 0 bridgehead atoms. The van der Waals surface area contributed by atoms with E-state index >= 15 is 0 Å². The van der Waals surface area contributed by atoms with Gasteiger partial charge in [-0.3, -0.25) is 0 Å². The predicted molar refractivity (Wildman–Crippen MR) is 47.6 cm³/mol. The number of furan rings is 1. The van der Waals surface area contributed by atoms with E-state index in [0.29, 0.717) is 11.3 Å². The lowest BCUT2D eigenvalue weighted by Crippen LogP contribution is -1.94. The summed E-state index contributed by atoms with van der Waals surface area (Å²) in [6.45, 7) is 1.73. The van der Waals surface area contributed by atoms with Crippen molar-refractivity contribution >= 4 is 17.7 Å². The first-order chi connectivity index (χ1) is 5.65. The fraction of sp³-hybridized carbons (Fsp3) is 0.375. The van der Waals surface area contributed by atoms with Crippen molar-refractivity contribution in [1.82, 2.24) is 0 Å². The third kappa shape index (κ3) is 1.82. The third-order valence-electron chi connectivity index (χ3n) is 1.45. The van der Waals surface area contributed by atoms with Crippen molar-refractivity contribution < 1.29 is 14.3 Å². The van der Waals surface area contributed by atoms with E-state index < -0.39 is 5.97 Å². The maximum Gasteiger partial charge on any atom is 0.372 e. The minimum atomic E-state index is -1.00. The van der Waals surface area contributed by atoms with Crippen molar-refractivity contribution in [2.24, 2.45) is 0 Å². The maximum atomic E-state index is 10.5. The Hall–Kier alpha value is -0.900. The van der Waals surface area contributed by atoms with E-state index in [9.17, 15) is 4.79 Å². The Labute approximate surface area is 74.8 Å². The van der Waals surface area contributed by atoms with E-state index in [4.69, 9.17) is 9.52 Å². The summed E-state index contributed by atoms with van der Waals surface area (Å²) < 4.78 is 5.10. The van der Waals surface area contributed by atoms with Crippen molar-refractivity contribution in [2.45, 2.75) is 12.7 Å². The van der Waals surface area contributed by atoms with Crippen molar-refractivity contribution in [3.63, 3.8) is 0 Å². The molecular weight excluding hydrogens is 176 g/mol. The van der Waals surface area contributed by atoms with Gasteiger partial charge in [0, 0.05) is 5.56 Å². The smallest absolute Gasteiger partial charge is 0.372 e. The molecule has 1 aromatic rings. The van der Waals surface area contributed by atoms with Crippen LogP contribution in [0.25, 0.3) is 0 Å². The van der Waals surface area contributed by atoms with Crippen LogP contribution in [0.3, 0.4) is 0 Å². The molecule has 12 heavy (non-hydrogen) atoms. The summed E-state index contributed by atoms with van der Waals surface area (Å²) in [6, 6.07) is 1.76. The van der Waals surface area contributed by atoms with Crippen molar-refractivity contribution in [3.8, 4) is 0 Å². The average molecular weight is 186 g/mol. The van der Waals surface area contributed by atoms with Gasteiger partial charge in [0.05, 0.1) is 5.75 Å². The van der Waals surface area contributed by atoms with Crippen LogP contribution in [-0.4, -0.2) is 17.3 Å². The second-order valence-corrected chi connectivity index (χ2v) is 3.33. The lowest BCUT2D eigenvalue weighted by atomic mass is 10.3. The number of thioether (sulfide) groups is 1. The summed E-state index contributed by atoms with van der Waals surface area (Å²) in [7, 11) is 0. The van der Waals surface area contributed by atoms with Crippen LogP contribution in [0.1, 0.15) is 21.9 Å². The molecule has 0 saturated heterocycles. The van der Waals surface area contributed by atoms with Crippen LogP contribution >= 0.6 is 11.8 Å². The Morgan fingerprint density at radius 1 is 1.75 bits per heavy atom. The first-order valence-electron chi connectivity index (χ1n) is 3.46. The molecule has 1 aromatic heterocycles. The first kappa shape index (κ1) is 9.19. The first-order valence-corrected chi connectivity index (χ1v) is 4.86. The van der Waals surface area contributed by atoms with E-state index in [2.05, 4.69) is 0 Å². The van der Waals surface area contributed by atoms with E-state index in [1.807, 2.05) is 6.26 Å². The molecule has 0 atom stereocenters. The van der Waals surface area contributed by atoms with Crippen molar-refractivity contribution in [2.75, 3.05) is 6.26 Å². The molecule has 0 unspecified atom stereocenters. The van der Waals surface area contributed by atoms with Crippen LogP contribution in [-0.2, 0) is 5.75 Å². The number of carboxylic acid groups (broad SMARTS) is 1. The summed E-state index contributed by atoms with van der Waals surface area (Å²) in [4.78, 5) is 10.5. The normalized spacial score (nSPS) is 10.2. The maximum absolute atomic E-state index is 10.5. The van der Waals surface area contributed by atoms with Gasteiger partial charge in [0.2, 0.25) is 5.76 Å². The van der Waals surface area contributed by atoms with Gasteiger partial charge in [-0.1, -0.05) is 0 Å². The van der Waals surface area contributed by atoms with Gasteiger partial charge in [-0.2, -0.15) is 11.8 Å². The highest BCUT2D eigenvalue weighted by Crippen LogP contribution is 2.17. The molecule has 4 heteroatoms. The Morgan fingerprint density at radius 2 is 2.42 bits per heavy atom. The summed E-state index contributed by atoms with van der Waals surface area (Å²) in [5.74, 6) is 0.491. The third-order valence-corrected chi connectivity index (χ3v) is 2.02. The van der Waals surface area contributed by atoms with Gasteiger partial charge in [-0.05, 0) is 19.2 Å². The second kappa shape index (κ2) is 3.67. The summed E-state index contributed by atoms with van der Waals surface area (Å²) in [5.41, 5.74) is 0.687. The number of aromatic carboxylic acids is 1. The lowest BCUT2D eigenvalue weighted by Gasteiger charge is -1.89. The standard InChI is InChI=1S/C8H10O3S/c1-5-3-6(4-12-2)11-7(5)8(9)10/h3H,4H2,1-2H3,(H,9,10). The highest BCUT2D eigenvalue weighted by Gasteiger charge is 2.13. The quantitative estimate of drug-likeness (QED) is 0.785. The summed E-state index contributed by atoms with van der Waals surface area (Å²) in [5, 5.41) is 8.65. The monoisotopic (exact) mass is 186 g/mol. The molecule has 0 aliphatic carbocycles. The Bertz CT molecular complexity index is 290. The van der Waals surface area contributed by atoms with Gasteiger partial charge >= 0.3 is 5.97 Å². The number of aryl methyl sites for hydroxylation is 1. The van der Waals surface area contributed by atoms with Crippen LogP contribution < -0.4 is 0 Å². The zero-order valence-electron chi connectivity index (χ0n) is 6.96. The molecular formula is C8H10O3S. The number of hydrogen-bond acceptors (Lipinski definition) is 3. The molecule has 0 aromatic carbocycles. The molecule has 0 spiro atoms. The van der Waals surface area contributed by atoms with Crippen LogP contribution in [0.15, 0.2) is 10.5 Å². The molecule has 0 amide bonds. The number of rotatable bonds is 3. The van der Waals surface area contributed by atoms with E-state index in [1.165, 1.54) is 0 Å². The number of carbonyl (C=O) groups is 1.